The van der Waals surface area contributed by atoms with Gasteiger partial charge in [-0.25, -0.2) is 0 Å². The Labute approximate surface area is 206 Å². The van der Waals surface area contributed by atoms with Crippen LogP contribution in [0.3, 0.4) is 0 Å². The van der Waals surface area contributed by atoms with Gasteiger partial charge in [0, 0.05) is 28.4 Å². The van der Waals surface area contributed by atoms with Crippen molar-refractivity contribution < 1.29 is 9.59 Å². The Morgan fingerprint density at radius 2 is 1.69 bits per heavy atom. The molecule has 7 heteroatoms. The van der Waals surface area contributed by atoms with E-state index in [9.17, 15) is 9.59 Å². The van der Waals surface area contributed by atoms with Crippen molar-refractivity contribution in [3.8, 4) is 0 Å². The van der Waals surface area contributed by atoms with Gasteiger partial charge in [-0.3, -0.25) is 9.59 Å². The Balaban J connectivity index is 2.19. The molecule has 0 bridgehead atoms. The molecule has 0 spiro atoms. The smallest absolute Gasteiger partial charge is 0.243 e. The minimum absolute atomic E-state index is 0.0590. The fraction of sp³-hybridized carbons (Fsp3) is 0.440. The van der Waals surface area contributed by atoms with Crippen molar-refractivity contribution in [2.45, 2.75) is 64.9 Å². The number of aryl methyl sites for hydroxylation is 1. The molecule has 0 aromatic heterocycles. The van der Waals surface area contributed by atoms with Crippen molar-refractivity contribution in [3.63, 3.8) is 0 Å². The van der Waals surface area contributed by atoms with Gasteiger partial charge in [-0.15, -0.1) is 11.8 Å². The van der Waals surface area contributed by atoms with E-state index in [0.717, 1.165) is 23.1 Å². The number of carbonyl (C=O) groups is 2. The van der Waals surface area contributed by atoms with E-state index in [0.29, 0.717) is 28.8 Å². The number of amides is 2. The van der Waals surface area contributed by atoms with E-state index >= 15 is 0 Å². The Morgan fingerprint density at radius 3 is 2.28 bits per heavy atom. The molecule has 0 radical (unpaired) electrons. The van der Waals surface area contributed by atoms with Crippen LogP contribution in [0.2, 0.25) is 10.0 Å². The molecule has 4 nitrogen and oxygen atoms in total. The first kappa shape index (κ1) is 26.6. The number of hydrogen-bond donors (Lipinski definition) is 1. The lowest BCUT2D eigenvalue weighted by molar-refractivity contribution is -0.139. The first-order chi connectivity index (χ1) is 15.3. The topological polar surface area (TPSA) is 49.4 Å². The van der Waals surface area contributed by atoms with Crippen LogP contribution in [0, 0.1) is 6.92 Å². The third-order valence-corrected chi connectivity index (χ3v) is 7.17. The van der Waals surface area contributed by atoms with E-state index in [2.05, 4.69) is 5.32 Å². The maximum absolute atomic E-state index is 13.3. The molecule has 0 saturated carbocycles. The highest BCUT2D eigenvalue weighted by molar-refractivity contribution is 7.99. The predicted molar refractivity (Wildman–Crippen MR) is 136 cm³/mol. The maximum atomic E-state index is 13.3. The normalized spacial score (nSPS) is 12.8. The molecule has 0 aliphatic carbocycles. The van der Waals surface area contributed by atoms with Gasteiger partial charge >= 0.3 is 0 Å². The van der Waals surface area contributed by atoms with Gasteiger partial charge in [-0.1, -0.05) is 67.4 Å². The molecule has 0 fully saturated rings. The second-order valence-electron chi connectivity index (χ2n) is 7.88. The van der Waals surface area contributed by atoms with E-state index in [4.69, 9.17) is 23.2 Å². The van der Waals surface area contributed by atoms with Crippen molar-refractivity contribution in [1.29, 1.82) is 0 Å². The van der Waals surface area contributed by atoms with Crippen LogP contribution in [0.15, 0.2) is 42.5 Å². The third kappa shape index (κ3) is 7.43. The van der Waals surface area contributed by atoms with Crippen LogP contribution < -0.4 is 5.32 Å². The van der Waals surface area contributed by atoms with Gasteiger partial charge in [0.15, 0.2) is 0 Å². The van der Waals surface area contributed by atoms with Crippen LogP contribution in [0.4, 0.5) is 0 Å². The lowest BCUT2D eigenvalue weighted by Gasteiger charge is -2.32. The van der Waals surface area contributed by atoms with E-state index in [-0.39, 0.29) is 23.6 Å². The predicted octanol–water partition coefficient (Wildman–Crippen LogP) is 6.26. The molecule has 174 valence electrons. The summed E-state index contributed by atoms with van der Waals surface area (Å²) in [7, 11) is 0. The molecule has 2 atom stereocenters. The molecule has 2 aromatic rings. The monoisotopic (exact) mass is 494 g/mol. The summed E-state index contributed by atoms with van der Waals surface area (Å²) >= 11 is 14.0. The van der Waals surface area contributed by atoms with Crippen LogP contribution in [0.25, 0.3) is 0 Å². The molecule has 0 saturated heterocycles. The van der Waals surface area contributed by atoms with Gasteiger partial charge in [-0.2, -0.15) is 0 Å². The Hall–Kier alpha value is -1.69. The minimum atomic E-state index is -0.527. The maximum Gasteiger partial charge on any atom is 0.243 e. The molecule has 32 heavy (non-hydrogen) atoms. The molecule has 0 aliphatic rings. The molecule has 1 N–H and O–H groups in total. The summed E-state index contributed by atoms with van der Waals surface area (Å²) < 4.78 is 0. The number of rotatable bonds is 11. The summed E-state index contributed by atoms with van der Waals surface area (Å²) in [5, 5.41) is 4.22. The van der Waals surface area contributed by atoms with Crippen LogP contribution in [0.5, 0.6) is 0 Å². The van der Waals surface area contributed by atoms with Gasteiger partial charge in [-0.05, 0) is 55.5 Å². The van der Waals surface area contributed by atoms with E-state index in [1.165, 1.54) is 11.8 Å². The first-order valence-corrected chi connectivity index (χ1v) is 12.8. The van der Waals surface area contributed by atoms with Gasteiger partial charge in [0.2, 0.25) is 11.8 Å². The zero-order valence-electron chi connectivity index (χ0n) is 19.2. The third-order valence-electron chi connectivity index (χ3n) is 5.52. The van der Waals surface area contributed by atoms with Gasteiger partial charge in [0.05, 0.1) is 5.75 Å². The fourth-order valence-corrected chi connectivity index (χ4v) is 4.97. The number of nitrogens with zero attached hydrogens (tertiary/aromatic N) is 1. The number of nitrogens with one attached hydrogen (secondary N) is 1. The highest BCUT2D eigenvalue weighted by Gasteiger charge is 2.29. The molecule has 2 amide bonds. The highest BCUT2D eigenvalue weighted by Crippen LogP contribution is 2.28. The molecule has 2 aromatic carbocycles. The van der Waals surface area contributed by atoms with E-state index in [1.54, 1.807) is 23.1 Å². The summed E-state index contributed by atoms with van der Waals surface area (Å²) in [4.78, 5) is 28.1. The summed E-state index contributed by atoms with van der Waals surface area (Å²) in [6, 6.07) is 12.9. The Bertz CT molecular complexity index is 902. The minimum Gasteiger partial charge on any atom is -0.352 e. The summed E-state index contributed by atoms with van der Waals surface area (Å²) in [5.74, 6) is 0.578. The summed E-state index contributed by atoms with van der Waals surface area (Å²) in [6.45, 7) is 8.35. The van der Waals surface area contributed by atoms with E-state index in [1.807, 2.05) is 52.0 Å². The highest BCUT2D eigenvalue weighted by atomic mass is 35.5. The van der Waals surface area contributed by atoms with Gasteiger partial charge in [0.1, 0.15) is 6.04 Å². The largest absolute Gasteiger partial charge is 0.352 e. The number of halogens is 2. The number of benzene rings is 2. The molecular weight excluding hydrogens is 463 g/mol. The van der Waals surface area contributed by atoms with Crippen molar-refractivity contribution in [2.75, 3.05) is 5.75 Å². The first-order valence-electron chi connectivity index (χ1n) is 10.9. The molecule has 2 rings (SSSR count). The van der Waals surface area contributed by atoms with Gasteiger partial charge in [0.25, 0.3) is 0 Å². The van der Waals surface area contributed by atoms with Crippen molar-refractivity contribution in [2.24, 2.45) is 0 Å². The average Bonchev–Trinajstić information content (AvgIpc) is 2.76. The van der Waals surface area contributed by atoms with Crippen LogP contribution in [-0.2, 0) is 21.9 Å². The quantitative estimate of drug-likeness (QED) is 0.401. The Kier molecular flexibility index (Phi) is 10.9. The second kappa shape index (κ2) is 13.1. The standard InChI is InChI=1S/C25H32Cl2N2O2S/c1-5-18(4)28-25(31)23(6-2)29(14-19-11-8-7-10-17(19)3)24(30)16-32-15-20-21(26)12-9-13-22(20)27/h7-13,18,23H,5-6,14-16H2,1-4H3,(H,28,31)/t18-,23-/m0/s1. The zero-order chi connectivity index (χ0) is 23.7. The molecule has 0 heterocycles. The van der Waals surface area contributed by atoms with Crippen molar-refractivity contribution in [3.05, 3.63) is 69.2 Å². The summed E-state index contributed by atoms with van der Waals surface area (Å²) in [5.41, 5.74) is 2.95. The second-order valence-corrected chi connectivity index (χ2v) is 9.68. The molecule has 0 aliphatic heterocycles. The van der Waals surface area contributed by atoms with Crippen molar-refractivity contribution in [1.82, 2.24) is 10.2 Å². The van der Waals surface area contributed by atoms with E-state index < -0.39 is 6.04 Å². The van der Waals surface area contributed by atoms with Gasteiger partial charge < -0.3 is 10.2 Å². The molecule has 0 unspecified atom stereocenters. The zero-order valence-corrected chi connectivity index (χ0v) is 21.5. The average molecular weight is 496 g/mol. The number of carbonyl (C=O) groups excluding carboxylic acids is 2. The number of thioether (sulfide) groups is 1. The SMILES string of the molecule is CC[C@H](C)NC(=O)[C@H](CC)N(Cc1ccccc1C)C(=O)CSCc1c(Cl)cccc1Cl. The van der Waals surface area contributed by atoms with Crippen LogP contribution >= 0.6 is 35.0 Å². The Morgan fingerprint density at radius 1 is 1.03 bits per heavy atom. The number of hydrogen-bond acceptors (Lipinski definition) is 3. The van der Waals surface area contributed by atoms with Crippen LogP contribution in [0.1, 0.15) is 50.3 Å². The van der Waals surface area contributed by atoms with Crippen LogP contribution in [-0.4, -0.2) is 34.6 Å². The lowest BCUT2D eigenvalue weighted by atomic mass is 10.1. The van der Waals surface area contributed by atoms with Crippen molar-refractivity contribution >= 4 is 46.8 Å². The molecular formula is C25H32Cl2N2O2S. The fourth-order valence-electron chi connectivity index (χ4n) is 3.33. The summed E-state index contributed by atoms with van der Waals surface area (Å²) in [6.07, 6.45) is 1.38. The lowest BCUT2D eigenvalue weighted by Crippen LogP contribution is -2.51.